The van der Waals surface area contributed by atoms with Crippen LogP contribution in [0.3, 0.4) is 0 Å². The second-order valence-electron chi connectivity index (χ2n) is 9.52. The van der Waals surface area contributed by atoms with Crippen LogP contribution >= 0.6 is 0 Å². The number of hydrogen-bond acceptors (Lipinski definition) is 7. The average Bonchev–Trinajstić information content (AvgIpc) is 2.99. The molecule has 0 aliphatic carbocycles. The quantitative estimate of drug-likeness (QED) is 0.211. The normalized spacial score (nSPS) is 10.9. The first-order valence-electron chi connectivity index (χ1n) is 12.9. The molecule has 0 aliphatic heterocycles. The fourth-order valence-corrected chi connectivity index (χ4v) is 3.66. The number of carbonyl (C=O) groups is 2. The van der Waals surface area contributed by atoms with Crippen LogP contribution in [0.1, 0.15) is 31.8 Å². The number of nitrogens with zero attached hydrogens (tertiary/aromatic N) is 4. The molecule has 0 radical (unpaired) electrons. The molecule has 41 heavy (non-hydrogen) atoms. The van der Waals surface area contributed by atoms with Crippen molar-refractivity contribution in [3.8, 4) is 11.5 Å². The predicted molar refractivity (Wildman–Crippen MR) is 165 cm³/mol. The van der Waals surface area contributed by atoms with Crippen molar-refractivity contribution >= 4 is 35.6 Å². The number of carbonyl (C=O) groups excluding carboxylic acids is 2. The van der Waals surface area contributed by atoms with Crippen molar-refractivity contribution < 1.29 is 14.3 Å². The third kappa shape index (κ3) is 8.27. The zero-order chi connectivity index (χ0) is 29.2. The van der Waals surface area contributed by atoms with Crippen LogP contribution in [0, 0.1) is 0 Å². The molecule has 4 aromatic carbocycles. The Hall–Kier alpha value is -5.44. The van der Waals surface area contributed by atoms with E-state index in [2.05, 4.69) is 21.1 Å². The number of nitrogens with one attached hydrogen (secondary N) is 2. The summed E-state index contributed by atoms with van der Waals surface area (Å²) in [6.07, 6.45) is 3.14. The smallest absolute Gasteiger partial charge is 0.271 e. The van der Waals surface area contributed by atoms with Gasteiger partial charge in [0.05, 0.1) is 12.4 Å². The van der Waals surface area contributed by atoms with Gasteiger partial charge in [0.15, 0.2) is 0 Å². The maximum absolute atomic E-state index is 12.3. The Morgan fingerprint density at radius 2 is 0.902 bits per heavy atom. The molecule has 4 aromatic rings. The number of ether oxygens (including phenoxy) is 1. The van der Waals surface area contributed by atoms with Crippen LogP contribution < -0.4 is 25.4 Å². The molecule has 0 aliphatic rings. The van der Waals surface area contributed by atoms with Gasteiger partial charge in [-0.3, -0.25) is 9.59 Å². The van der Waals surface area contributed by atoms with E-state index in [0.29, 0.717) is 22.6 Å². The molecule has 9 nitrogen and oxygen atoms in total. The highest BCUT2D eigenvalue weighted by Gasteiger charge is 2.06. The molecule has 2 N–H and O–H groups in total. The standard InChI is InChI=1S/C32H32N6O3/c1-37(2)27-13-9-25(10-14-27)31(39)35-33-21-23-5-17-29(18-6-23)41-30-19-7-24(8-20-30)22-34-36-32(40)26-11-15-28(16-12-26)38(3)4/h5-22H,1-4H3,(H,35,39)(H,36,40). The van der Waals surface area contributed by atoms with Crippen molar-refractivity contribution in [1.29, 1.82) is 0 Å². The van der Waals surface area contributed by atoms with Gasteiger partial charge in [0.2, 0.25) is 0 Å². The number of hydrazone groups is 2. The van der Waals surface area contributed by atoms with E-state index in [1.54, 1.807) is 36.7 Å². The Kier molecular flexibility index (Phi) is 9.45. The summed E-state index contributed by atoms with van der Waals surface area (Å²) in [5.74, 6) is 0.747. The van der Waals surface area contributed by atoms with Gasteiger partial charge in [-0.25, -0.2) is 10.9 Å². The van der Waals surface area contributed by atoms with Crippen molar-refractivity contribution in [2.24, 2.45) is 10.2 Å². The molecule has 0 spiro atoms. The third-order valence-electron chi connectivity index (χ3n) is 6.05. The lowest BCUT2D eigenvalue weighted by Gasteiger charge is -2.12. The van der Waals surface area contributed by atoms with E-state index < -0.39 is 0 Å². The molecule has 0 fully saturated rings. The van der Waals surface area contributed by atoms with Crippen molar-refractivity contribution in [2.75, 3.05) is 38.0 Å². The highest BCUT2D eigenvalue weighted by molar-refractivity contribution is 5.96. The minimum Gasteiger partial charge on any atom is -0.457 e. The van der Waals surface area contributed by atoms with Gasteiger partial charge in [0.25, 0.3) is 11.8 Å². The van der Waals surface area contributed by atoms with E-state index in [4.69, 9.17) is 4.74 Å². The fraction of sp³-hybridized carbons (Fsp3) is 0.125. The predicted octanol–water partition coefficient (Wildman–Crippen LogP) is 5.14. The first-order valence-corrected chi connectivity index (χ1v) is 12.9. The molecule has 0 aromatic heterocycles. The van der Waals surface area contributed by atoms with E-state index >= 15 is 0 Å². The van der Waals surface area contributed by atoms with Crippen molar-refractivity contribution in [1.82, 2.24) is 10.9 Å². The van der Waals surface area contributed by atoms with Crippen LogP contribution in [0.15, 0.2) is 107 Å². The van der Waals surface area contributed by atoms with Gasteiger partial charge in [-0.1, -0.05) is 0 Å². The SMILES string of the molecule is CN(C)c1ccc(C(=O)NN=Cc2ccc(Oc3ccc(C=NNC(=O)c4ccc(N(C)C)cc4)cc3)cc2)cc1. The summed E-state index contributed by atoms with van der Waals surface area (Å²) in [5, 5.41) is 8.09. The largest absolute Gasteiger partial charge is 0.457 e. The lowest BCUT2D eigenvalue weighted by Crippen LogP contribution is -2.17. The number of rotatable bonds is 10. The highest BCUT2D eigenvalue weighted by Crippen LogP contribution is 2.21. The summed E-state index contributed by atoms with van der Waals surface area (Å²) in [6, 6.07) is 29.2. The van der Waals surface area contributed by atoms with Gasteiger partial charge >= 0.3 is 0 Å². The molecule has 0 saturated carbocycles. The Morgan fingerprint density at radius 3 is 1.22 bits per heavy atom. The van der Waals surface area contributed by atoms with Crippen LogP contribution in [-0.2, 0) is 0 Å². The van der Waals surface area contributed by atoms with Gasteiger partial charge in [0.1, 0.15) is 11.5 Å². The Morgan fingerprint density at radius 1 is 0.561 bits per heavy atom. The van der Waals surface area contributed by atoms with Crippen LogP contribution in [0.2, 0.25) is 0 Å². The molecular weight excluding hydrogens is 516 g/mol. The zero-order valence-corrected chi connectivity index (χ0v) is 23.4. The molecule has 0 heterocycles. The lowest BCUT2D eigenvalue weighted by molar-refractivity contribution is 0.0947. The molecule has 9 heteroatoms. The van der Waals surface area contributed by atoms with Gasteiger partial charge < -0.3 is 14.5 Å². The van der Waals surface area contributed by atoms with Crippen LogP contribution in [0.5, 0.6) is 11.5 Å². The zero-order valence-electron chi connectivity index (χ0n) is 23.4. The van der Waals surface area contributed by atoms with Gasteiger partial charge in [-0.05, 0) is 108 Å². The van der Waals surface area contributed by atoms with E-state index in [1.807, 2.05) is 111 Å². The summed E-state index contributed by atoms with van der Waals surface area (Å²) < 4.78 is 5.91. The van der Waals surface area contributed by atoms with Crippen molar-refractivity contribution in [3.63, 3.8) is 0 Å². The second kappa shape index (κ2) is 13.6. The molecular formula is C32H32N6O3. The van der Waals surface area contributed by atoms with E-state index in [9.17, 15) is 9.59 Å². The average molecular weight is 549 g/mol. The minimum absolute atomic E-state index is 0.280. The summed E-state index contributed by atoms with van der Waals surface area (Å²) in [6.45, 7) is 0. The minimum atomic E-state index is -0.280. The molecule has 2 amide bonds. The summed E-state index contributed by atoms with van der Waals surface area (Å²) in [7, 11) is 7.78. The molecule has 0 saturated heterocycles. The van der Waals surface area contributed by atoms with Crippen LogP contribution in [0.25, 0.3) is 0 Å². The van der Waals surface area contributed by atoms with Gasteiger partial charge in [0, 0.05) is 50.7 Å². The first kappa shape index (κ1) is 28.6. The lowest BCUT2D eigenvalue weighted by atomic mass is 10.2. The highest BCUT2D eigenvalue weighted by atomic mass is 16.5. The van der Waals surface area contributed by atoms with Crippen LogP contribution in [0.4, 0.5) is 11.4 Å². The molecule has 0 unspecified atom stereocenters. The third-order valence-corrected chi connectivity index (χ3v) is 6.05. The monoisotopic (exact) mass is 548 g/mol. The van der Waals surface area contributed by atoms with Crippen molar-refractivity contribution in [2.45, 2.75) is 0 Å². The number of benzene rings is 4. The van der Waals surface area contributed by atoms with E-state index in [0.717, 1.165) is 22.5 Å². The second-order valence-corrected chi connectivity index (χ2v) is 9.52. The Labute approximate surface area is 239 Å². The fourth-order valence-electron chi connectivity index (χ4n) is 3.66. The summed E-state index contributed by atoms with van der Waals surface area (Å²) in [5.41, 5.74) is 9.79. The summed E-state index contributed by atoms with van der Waals surface area (Å²) >= 11 is 0. The number of hydrogen-bond donors (Lipinski definition) is 2. The molecule has 208 valence electrons. The maximum Gasteiger partial charge on any atom is 0.271 e. The van der Waals surface area contributed by atoms with Gasteiger partial charge in [-0.15, -0.1) is 0 Å². The molecule has 4 rings (SSSR count). The first-order chi connectivity index (χ1) is 19.8. The maximum atomic E-state index is 12.3. The van der Waals surface area contributed by atoms with Crippen molar-refractivity contribution in [3.05, 3.63) is 119 Å². The molecule has 0 bridgehead atoms. The molecule has 0 atom stereocenters. The van der Waals surface area contributed by atoms with E-state index in [-0.39, 0.29) is 11.8 Å². The topological polar surface area (TPSA) is 98.6 Å². The summed E-state index contributed by atoms with van der Waals surface area (Å²) in [4.78, 5) is 28.5. The Bertz CT molecular complexity index is 1390. The van der Waals surface area contributed by atoms with Gasteiger partial charge in [-0.2, -0.15) is 10.2 Å². The van der Waals surface area contributed by atoms with Crippen LogP contribution in [-0.4, -0.2) is 52.4 Å². The number of amides is 2. The Balaban J connectivity index is 1.24. The number of anilines is 2. The van der Waals surface area contributed by atoms with E-state index in [1.165, 1.54) is 0 Å².